The quantitative estimate of drug-likeness (QED) is 0.199. The molecule has 7 N–H and O–H groups in total. The molecule has 0 bridgehead atoms. The summed E-state index contributed by atoms with van der Waals surface area (Å²) in [7, 11) is 0. The largest absolute Gasteiger partial charge is 0.544 e. The highest BCUT2D eigenvalue weighted by Crippen LogP contribution is 2.44. The molecule has 0 spiro atoms. The van der Waals surface area contributed by atoms with Gasteiger partial charge in [-0.15, -0.1) is 11.8 Å². The van der Waals surface area contributed by atoms with Crippen molar-refractivity contribution < 1.29 is 49.8 Å². The molecule has 14 heteroatoms. The summed E-state index contributed by atoms with van der Waals surface area (Å²) in [6.45, 7) is -0.475. The van der Waals surface area contributed by atoms with Gasteiger partial charge in [-0.25, -0.2) is 4.79 Å². The van der Waals surface area contributed by atoms with E-state index in [2.05, 4.69) is 15.8 Å². The molecule has 1 fully saturated rings. The van der Waals surface area contributed by atoms with Crippen molar-refractivity contribution in [1.29, 1.82) is 0 Å². The fourth-order valence-electron chi connectivity index (χ4n) is 2.88. The van der Waals surface area contributed by atoms with E-state index < -0.39 is 59.3 Å². The topological polar surface area (TPSA) is 230 Å². The van der Waals surface area contributed by atoms with E-state index in [0.717, 1.165) is 16.7 Å². The molecule has 0 aromatic carbocycles. The summed E-state index contributed by atoms with van der Waals surface area (Å²) in [6, 6.07) is -1.00. The van der Waals surface area contributed by atoms with Gasteiger partial charge < -0.3 is 46.4 Å². The first-order valence-electron chi connectivity index (χ1n) is 8.37. The van der Waals surface area contributed by atoms with Crippen LogP contribution in [0.2, 0.25) is 0 Å². The maximum Gasteiger partial charge on any atom is 0.404 e. The first-order chi connectivity index (χ1) is 13.5. The molecular formula is C15H19N4O9S-. The number of hydrogen-bond acceptors (Lipinski definition) is 10. The van der Waals surface area contributed by atoms with Crippen LogP contribution in [0.1, 0.15) is 19.3 Å². The number of aliphatic hydroxyl groups is 1. The van der Waals surface area contributed by atoms with Crippen LogP contribution in [0.5, 0.6) is 0 Å². The number of carbonyl (C=O) groups excluding carboxylic acids is 5. The molecule has 0 aromatic heterocycles. The molecule has 0 aromatic rings. The molecule has 0 unspecified atom stereocenters. The molecule has 3 amide bonds. The van der Waals surface area contributed by atoms with Gasteiger partial charge in [0.25, 0.3) is 11.6 Å². The number of quaternary nitrogens is 1. The monoisotopic (exact) mass is 431 g/mol. The predicted octanol–water partition coefficient (Wildman–Crippen LogP) is -5.66. The summed E-state index contributed by atoms with van der Waals surface area (Å²) in [5.74, 6) is -4.93. The zero-order chi connectivity index (χ0) is 21.9. The van der Waals surface area contributed by atoms with Gasteiger partial charge in [0.2, 0.25) is 5.91 Å². The highest BCUT2D eigenvalue weighted by molar-refractivity contribution is 8.00. The predicted molar refractivity (Wildman–Crippen MR) is 89.3 cm³/mol. The average molecular weight is 431 g/mol. The Morgan fingerprint density at radius 1 is 1.41 bits per heavy atom. The lowest BCUT2D eigenvalue weighted by Gasteiger charge is -2.55. The van der Waals surface area contributed by atoms with Crippen LogP contribution in [0.3, 0.4) is 0 Å². The number of ether oxygens (including phenoxy) is 1. The number of β-lactam (4-membered cyclic amide) rings is 1. The van der Waals surface area contributed by atoms with Gasteiger partial charge >= 0.3 is 6.09 Å². The van der Waals surface area contributed by atoms with Crippen molar-refractivity contribution in [3.63, 3.8) is 0 Å². The standard InChI is InChI=1S/C15H20N4O9S/c16-7(10(21)22)2-1-3-8(20)18-15(27)12(25)19-9(11(23)24)6(4-28-14(17)26)5-29-13(15)19/h7,13,27H,1-5,16H2,(H2,17,26)(H,18,20)(H,21,22)(H,23,24)/p-1/t7-,13-,15+/m1/s1. The van der Waals surface area contributed by atoms with Crippen LogP contribution in [0.4, 0.5) is 4.79 Å². The Hall–Kier alpha value is -2.84. The first kappa shape index (κ1) is 22.4. The number of aliphatic carboxylic acids is 2. The van der Waals surface area contributed by atoms with E-state index in [4.69, 9.17) is 5.73 Å². The van der Waals surface area contributed by atoms with Gasteiger partial charge in [-0.2, -0.15) is 0 Å². The van der Waals surface area contributed by atoms with Gasteiger partial charge in [0, 0.05) is 24.2 Å². The number of nitrogens with two attached hydrogens (primary N) is 1. The third-order valence-corrected chi connectivity index (χ3v) is 5.71. The molecule has 2 heterocycles. The van der Waals surface area contributed by atoms with Crippen molar-refractivity contribution in [3.05, 3.63) is 11.3 Å². The number of carbonyl (C=O) groups is 5. The number of nitrogens with one attached hydrogen (secondary N) is 1. The van der Waals surface area contributed by atoms with E-state index in [0.29, 0.717) is 0 Å². The number of rotatable bonds is 9. The third-order valence-electron chi connectivity index (χ3n) is 4.33. The average Bonchev–Trinajstić information content (AvgIpc) is 2.64. The van der Waals surface area contributed by atoms with Crippen LogP contribution in [0.15, 0.2) is 11.3 Å². The summed E-state index contributed by atoms with van der Waals surface area (Å²) in [5, 5.41) is 33.6. The number of carboxylic acid groups (broad SMARTS) is 2. The van der Waals surface area contributed by atoms with E-state index in [1.807, 2.05) is 0 Å². The van der Waals surface area contributed by atoms with Crippen LogP contribution < -0.4 is 27.0 Å². The number of primary amides is 1. The van der Waals surface area contributed by atoms with Gasteiger partial charge in [0.15, 0.2) is 0 Å². The Balaban J connectivity index is 2.05. The summed E-state index contributed by atoms with van der Waals surface area (Å²) >= 11 is 0.943. The van der Waals surface area contributed by atoms with Crippen molar-refractivity contribution in [2.24, 2.45) is 5.73 Å². The van der Waals surface area contributed by atoms with Crippen molar-refractivity contribution in [1.82, 2.24) is 10.2 Å². The Labute approximate surface area is 168 Å². The second kappa shape index (κ2) is 8.67. The molecule has 29 heavy (non-hydrogen) atoms. The highest BCUT2D eigenvalue weighted by atomic mass is 32.2. The van der Waals surface area contributed by atoms with E-state index in [1.54, 1.807) is 0 Å². The molecule has 13 nitrogen and oxygen atoms in total. The van der Waals surface area contributed by atoms with Crippen molar-refractivity contribution in [3.8, 4) is 0 Å². The van der Waals surface area contributed by atoms with Crippen molar-refractivity contribution in [2.75, 3.05) is 12.4 Å². The number of nitrogens with zero attached hydrogens (tertiary/aromatic N) is 1. The minimum Gasteiger partial charge on any atom is -0.544 e. The maximum absolute atomic E-state index is 12.4. The van der Waals surface area contributed by atoms with E-state index in [-0.39, 0.29) is 30.6 Å². The summed E-state index contributed by atoms with van der Waals surface area (Å²) in [4.78, 5) is 58.0. The van der Waals surface area contributed by atoms with Crippen LogP contribution >= 0.6 is 11.8 Å². The van der Waals surface area contributed by atoms with Crippen LogP contribution in [0.25, 0.3) is 0 Å². The molecule has 160 valence electrons. The lowest BCUT2D eigenvalue weighted by Crippen LogP contribution is -2.80. The zero-order valence-corrected chi connectivity index (χ0v) is 15.9. The minimum atomic E-state index is -2.34. The number of thioether (sulfide) groups is 1. The van der Waals surface area contributed by atoms with E-state index in [9.17, 15) is 39.3 Å². The first-order valence-corrected chi connectivity index (χ1v) is 9.42. The molecule has 0 aliphatic carbocycles. The number of amides is 3. The minimum absolute atomic E-state index is 0.0297. The van der Waals surface area contributed by atoms with Crippen LogP contribution in [-0.2, 0) is 23.9 Å². The van der Waals surface area contributed by atoms with Crippen molar-refractivity contribution >= 4 is 41.6 Å². The van der Waals surface area contributed by atoms with Gasteiger partial charge in [-0.1, -0.05) is 0 Å². The van der Waals surface area contributed by atoms with Crippen LogP contribution in [0, 0.1) is 0 Å². The summed E-state index contributed by atoms with van der Waals surface area (Å²) < 4.78 is 4.56. The van der Waals surface area contributed by atoms with E-state index in [1.165, 1.54) is 0 Å². The molecular weight excluding hydrogens is 412 g/mol. The van der Waals surface area contributed by atoms with Crippen molar-refractivity contribution in [2.45, 2.75) is 36.4 Å². The lowest BCUT2D eigenvalue weighted by molar-refractivity contribution is -0.438. The van der Waals surface area contributed by atoms with Gasteiger partial charge in [-0.3, -0.25) is 14.5 Å². The molecule has 0 radical (unpaired) electrons. The Kier molecular flexibility index (Phi) is 6.71. The van der Waals surface area contributed by atoms with Gasteiger partial charge in [0.05, 0.1) is 17.6 Å². The van der Waals surface area contributed by atoms with Gasteiger partial charge in [-0.05, 0) is 6.42 Å². The van der Waals surface area contributed by atoms with Crippen LogP contribution in [-0.4, -0.2) is 69.4 Å². The Bertz CT molecular complexity index is 786. The lowest BCUT2D eigenvalue weighted by atomic mass is 9.98. The normalized spacial score (nSPS) is 24.3. The smallest absolute Gasteiger partial charge is 0.404 e. The highest BCUT2D eigenvalue weighted by Gasteiger charge is 2.64. The fourth-order valence-corrected chi connectivity index (χ4v) is 4.21. The second-order valence-electron chi connectivity index (χ2n) is 6.41. The number of fused-ring (bicyclic) bond motifs is 1. The molecule has 1 saturated heterocycles. The number of hydrogen-bond donors (Lipinski definition) is 4. The Morgan fingerprint density at radius 2 is 2.07 bits per heavy atom. The van der Waals surface area contributed by atoms with Gasteiger partial charge in [0.1, 0.15) is 18.0 Å². The summed E-state index contributed by atoms with van der Waals surface area (Å²) in [6.07, 6.45) is -1.14. The number of carboxylic acids is 2. The van der Waals surface area contributed by atoms with E-state index >= 15 is 0 Å². The Morgan fingerprint density at radius 3 is 2.62 bits per heavy atom. The molecule has 2 rings (SSSR count). The fraction of sp³-hybridized carbons (Fsp3) is 0.533. The molecule has 3 atom stereocenters. The second-order valence-corrected chi connectivity index (χ2v) is 7.48. The zero-order valence-electron chi connectivity index (χ0n) is 15.0. The molecule has 2 aliphatic rings. The maximum atomic E-state index is 12.4. The summed E-state index contributed by atoms with van der Waals surface area (Å²) in [5.41, 5.74) is 5.35. The molecule has 0 saturated carbocycles. The SMILES string of the molecule is NC(=O)OCC1=C(C(=O)[O-])N2C(=O)[C@@](O)(NC(=O)CCC[C@@H]([NH3+])C(=O)[O-])[C@H]2SC1. The molecule has 2 aliphatic heterocycles. The third kappa shape index (κ3) is 4.60.